The maximum Gasteiger partial charge on any atom is 0.248 e. The summed E-state index contributed by atoms with van der Waals surface area (Å²) < 4.78 is 7.46. The molecule has 0 saturated carbocycles. The van der Waals surface area contributed by atoms with E-state index in [1.54, 1.807) is 31.0 Å². The van der Waals surface area contributed by atoms with Gasteiger partial charge in [-0.15, -0.1) is 16.8 Å². The number of aromatic nitrogens is 3. The smallest absolute Gasteiger partial charge is 0.248 e. The first-order chi connectivity index (χ1) is 13.1. The van der Waals surface area contributed by atoms with Crippen molar-refractivity contribution in [2.45, 2.75) is 17.5 Å². The minimum Gasteiger partial charge on any atom is -0.496 e. The van der Waals surface area contributed by atoms with Crippen molar-refractivity contribution in [3.05, 3.63) is 72.3 Å². The lowest BCUT2D eigenvalue weighted by molar-refractivity contribution is 0.100. The third-order valence-electron chi connectivity index (χ3n) is 3.98. The van der Waals surface area contributed by atoms with Crippen LogP contribution in [0.15, 0.2) is 66.3 Å². The summed E-state index contributed by atoms with van der Waals surface area (Å²) in [4.78, 5) is 11.2. The van der Waals surface area contributed by atoms with Crippen LogP contribution in [0.2, 0.25) is 0 Å². The van der Waals surface area contributed by atoms with Gasteiger partial charge in [-0.2, -0.15) is 0 Å². The van der Waals surface area contributed by atoms with Crippen LogP contribution in [0.4, 0.5) is 0 Å². The van der Waals surface area contributed by atoms with Crippen LogP contribution in [0.1, 0.15) is 15.9 Å². The van der Waals surface area contributed by atoms with E-state index in [9.17, 15) is 4.79 Å². The number of benzene rings is 2. The van der Waals surface area contributed by atoms with Crippen molar-refractivity contribution >= 4 is 17.7 Å². The number of allylic oxidation sites excluding steroid dienone is 1. The molecule has 0 spiro atoms. The van der Waals surface area contributed by atoms with Crippen molar-refractivity contribution in [1.82, 2.24) is 14.8 Å². The molecule has 2 N–H and O–H groups in total. The van der Waals surface area contributed by atoms with E-state index in [0.29, 0.717) is 17.9 Å². The highest BCUT2D eigenvalue weighted by atomic mass is 32.2. The topological polar surface area (TPSA) is 83.0 Å². The SMILES string of the molecule is C=CCn1c(SCc2ccc(C(N)=O)cc2)nnc1-c1ccccc1OC. The molecule has 2 aromatic carbocycles. The van der Waals surface area contributed by atoms with Crippen LogP contribution >= 0.6 is 11.8 Å². The fourth-order valence-electron chi connectivity index (χ4n) is 2.63. The third-order valence-corrected chi connectivity index (χ3v) is 5.02. The molecular weight excluding hydrogens is 360 g/mol. The van der Waals surface area contributed by atoms with Crippen LogP contribution in [-0.2, 0) is 12.3 Å². The second kappa shape index (κ2) is 8.55. The van der Waals surface area contributed by atoms with Crippen LogP contribution in [0.3, 0.4) is 0 Å². The van der Waals surface area contributed by atoms with E-state index in [1.807, 2.05) is 47.0 Å². The van der Waals surface area contributed by atoms with Crippen molar-refractivity contribution in [1.29, 1.82) is 0 Å². The number of carbonyl (C=O) groups excluding carboxylic acids is 1. The molecule has 0 radical (unpaired) electrons. The van der Waals surface area contributed by atoms with Crippen molar-refractivity contribution in [2.75, 3.05) is 7.11 Å². The summed E-state index contributed by atoms with van der Waals surface area (Å²) in [5.74, 6) is 1.74. The third kappa shape index (κ3) is 4.20. The first kappa shape index (κ1) is 18.7. The summed E-state index contributed by atoms with van der Waals surface area (Å²) in [6.07, 6.45) is 1.81. The van der Waals surface area contributed by atoms with Crippen LogP contribution in [-0.4, -0.2) is 27.8 Å². The van der Waals surface area contributed by atoms with E-state index in [1.165, 1.54) is 0 Å². The molecule has 1 amide bonds. The summed E-state index contributed by atoms with van der Waals surface area (Å²) in [6, 6.07) is 15.0. The minimum absolute atomic E-state index is 0.429. The van der Waals surface area contributed by atoms with Crippen LogP contribution in [0, 0.1) is 0 Å². The molecule has 6 nitrogen and oxygen atoms in total. The van der Waals surface area contributed by atoms with Crippen molar-refractivity contribution < 1.29 is 9.53 Å². The second-order valence-electron chi connectivity index (χ2n) is 5.76. The van der Waals surface area contributed by atoms with Gasteiger partial charge in [0.25, 0.3) is 0 Å². The lowest BCUT2D eigenvalue weighted by Gasteiger charge is -2.10. The molecule has 0 atom stereocenters. The van der Waals surface area contributed by atoms with Gasteiger partial charge in [0, 0.05) is 17.9 Å². The van der Waals surface area contributed by atoms with Gasteiger partial charge in [-0.05, 0) is 29.8 Å². The van der Waals surface area contributed by atoms with E-state index in [0.717, 1.165) is 27.9 Å². The highest BCUT2D eigenvalue weighted by molar-refractivity contribution is 7.98. The number of nitrogens with two attached hydrogens (primary N) is 1. The fraction of sp³-hybridized carbons (Fsp3) is 0.150. The average Bonchev–Trinajstić information content (AvgIpc) is 3.09. The van der Waals surface area contributed by atoms with Crippen molar-refractivity contribution in [2.24, 2.45) is 5.73 Å². The number of para-hydroxylation sites is 1. The zero-order valence-corrected chi connectivity index (χ0v) is 15.8. The Morgan fingerprint density at radius 2 is 1.96 bits per heavy atom. The number of ether oxygens (including phenoxy) is 1. The molecule has 3 aromatic rings. The molecule has 1 aromatic heterocycles. The number of methoxy groups -OCH3 is 1. The number of hydrogen-bond acceptors (Lipinski definition) is 5. The number of thioether (sulfide) groups is 1. The average molecular weight is 380 g/mol. The van der Waals surface area contributed by atoms with Crippen LogP contribution in [0.5, 0.6) is 5.75 Å². The molecule has 0 bridgehead atoms. The van der Waals surface area contributed by atoms with Gasteiger partial charge < -0.3 is 10.5 Å². The lowest BCUT2D eigenvalue weighted by Crippen LogP contribution is -2.10. The summed E-state index contributed by atoms with van der Waals surface area (Å²) in [5, 5.41) is 9.50. The largest absolute Gasteiger partial charge is 0.496 e. The second-order valence-corrected chi connectivity index (χ2v) is 6.70. The highest BCUT2D eigenvalue weighted by Gasteiger charge is 2.16. The van der Waals surface area contributed by atoms with Crippen LogP contribution in [0.25, 0.3) is 11.4 Å². The van der Waals surface area contributed by atoms with Gasteiger partial charge in [0.15, 0.2) is 11.0 Å². The van der Waals surface area contributed by atoms with E-state index in [4.69, 9.17) is 10.5 Å². The Bertz CT molecular complexity index is 951. The van der Waals surface area contributed by atoms with Gasteiger partial charge in [-0.25, -0.2) is 0 Å². The zero-order chi connectivity index (χ0) is 19.2. The maximum atomic E-state index is 11.2. The number of primary amides is 1. The number of rotatable bonds is 8. The summed E-state index contributed by atoms with van der Waals surface area (Å²) in [6.45, 7) is 4.42. The molecule has 0 unspecified atom stereocenters. The lowest BCUT2D eigenvalue weighted by atomic mass is 10.1. The van der Waals surface area contributed by atoms with Crippen LogP contribution < -0.4 is 10.5 Å². The number of amides is 1. The Labute approximate surface area is 162 Å². The predicted octanol–water partition coefficient (Wildman–Crippen LogP) is 3.53. The quantitative estimate of drug-likeness (QED) is 0.477. The predicted molar refractivity (Wildman–Crippen MR) is 107 cm³/mol. The van der Waals surface area contributed by atoms with Gasteiger partial charge in [0.2, 0.25) is 5.91 Å². The summed E-state index contributed by atoms with van der Waals surface area (Å²) >= 11 is 1.57. The number of carbonyl (C=O) groups is 1. The van der Waals surface area contributed by atoms with E-state index in [-0.39, 0.29) is 0 Å². The normalized spacial score (nSPS) is 10.6. The molecule has 3 rings (SSSR count). The van der Waals surface area contributed by atoms with Crippen molar-refractivity contribution in [3.8, 4) is 17.1 Å². The fourth-order valence-corrected chi connectivity index (χ4v) is 3.53. The Kier molecular flexibility index (Phi) is 5.93. The molecule has 0 aliphatic rings. The Balaban J connectivity index is 1.85. The highest BCUT2D eigenvalue weighted by Crippen LogP contribution is 2.31. The molecule has 27 heavy (non-hydrogen) atoms. The monoisotopic (exact) mass is 380 g/mol. The first-order valence-electron chi connectivity index (χ1n) is 8.33. The molecule has 0 aliphatic heterocycles. The van der Waals surface area contributed by atoms with E-state index in [2.05, 4.69) is 16.8 Å². The van der Waals surface area contributed by atoms with Gasteiger partial charge in [0.05, 0.1) is 12.7 Å². The van der Waals surface area contributed by atoms with E-state index >= 15 is 0 Å². The van der Waals surface area contributed by atoms with Gasteiger partial charge >= 0.3 is 0 Å². The molecule has 0 saturated heterocycles. The zero-order valence-electron chi connectivity index (χ0n) is 15.0. The summed E-state index contributed by atoms with van der Waals surface area (Å²) in [7, 11) is 1.64. The summed E-state index contributed by atoms with van der Waals surface area (Å²) in [5.41, 5.74) is 7.72. The van der Waals surface area contributed by atoms with Gasteiger partial charge in [-0.1, -0.05) is 42.1 Å². The number of nitrogens with zero attached hydrogens (tertiary/aromatic N) is 3. The Morgan fingerprint density at radius 3 is 2.63 bits per heavy atom. The first-order valence-corrected chi connectivity index (χ1v) is 9.31. The molecule has 138 valence electrons. The van der Waals surface area contributed by atoms with Gasteiger partial charge in [-0.3, -0.25) is 9.36 Å². The van der Waals surface area contributed by atoms with Gasteiger partial charge in [0.1, 0.15) is 5.75 Å². The molecule has 0 fully saturated rings. The standard InChI is InChI=1S/C20H20N4O2S/c1-3-12-24-19(16-6-4-5-7-17(16)26-2)22-23-20(24)27-13-14-8-10-15(11-9-14)18(21)25/h3-11H,1,12-13H2,2H3,(H2,21,25). The Hall–Kier alpha value is -3.06. The number of hydrogen-bond donors (Lipinski definition) is 1. The minimum atomic E-state index is -0.429. The molecule has 1 heterocycles. The molecule has 0 aliphatic carbocycles. The van der Waals surface area contributed by atoms with Crippen molar-refractivity contribution in [3.63, 3.8) is 0 Å². The maximum absolute atomic E-state index is 11.2. The molecular formula is C20H20N4O2S. The molecule has 7 heteroatoms. The Morgan fingerprint density at radius 1 is 1.22 bits per heavy atom. The van der Waals surface area contributed by atoms with E-state index < -0.39 is 5.91 Å².